The molecule has 1 saturated carbocycles. The summed E-state index contributed by atoms with van der Waals surface area (Å²) in [6.07, 6.45) is 9.13. The minimum Gasteiger partial charge on any atom is -0.346 e. The first-order chi connectivity index (χ1) is 12.0. The van der Waals surface area contributed by atoms with Gasteiger partial charge < -0.3 is 4.90 Å². The van der Waals surface area contributed by atoms with Gasteiger partial charge in [0.2, 0.25) is 0 Å². The third-order valence-electron chi connectivity index (χ3n) is 5.25. The van der Waals surface area contributed by atoms with E-state index in [1.807, 2.05) is 11.8 Å². The van der Waals surface area contributed by atoms with Crippen molar-refractivity contribution in [1.29, 1.82) is 0 Å². The Hall–Kier alpha value is -1.22. The Morgan fingerprint density at radius 3 is 2.40 bits per heavy atom. The highest BCUT2D eigenvalue weighted by Crippen LogP contribution is 2.37. The number of hydrogen-bond donors (Lipinski definition) is 0. The van der Waals surface area contributed by atoms with Crippen LogP contribution in [-0.4, -0.2) is 24.3 Å². The van der Waals surface area contributed by atoms with Gasteiger partial charge in [-0.15, -0.1) is 0 Å². The number of aryl methyl sites for hydroxylation is 2. The number of aliphatic imine (C=N–C) groups is 1. The topological polar surface area (TPSA) is 15.6 Å². The van der Waals surface area contributed by atoms with Gasteiger partial charge in [-0.1, -0.05) is 50.9 Å². The second-order valence-corrected chi connectivity index (χ2v) is 9.08. The molecular weight excluding hydrogens is 324 g/mol. The van der Waals surface area contributed by atoms with Crippen LogP contribution in [0, 0.1) is 25.7 Å². The molecule has 0 atom stereocenters. The summed E-state index contributed by atoms with van der Waals surface area (Å²) in [6, 6.07) is 6.88. The standard InChI is InChI=1S/C22H32N2S/c1-16(2)21-13-23-15-24(14-19-8-6-5-7-9-19)22(21)25-20-11-17(3)10-18(4)12-20/h10-13,16,19H,5-9,14-15H2,1-4H3. The van der Waals surface area contributed by atoms with E-state index in [-0.39, 0.29) is 0 Å². The molecule has 1 aliphatic heterocycles. The summed E-state index contributed by atoms with van der Waals surface area (Å²) in [5.41, 5.74) is 4.08. The minimum atomic E-state index is 0.506. The van der Waals surface area contributed by atoms with Crippen molar-refractivity contribution in [3.63, 3.8) is 0 Å². The highest BCUT2D eigenvalue weighted by Gasteiger charge is 2.24. The molecule has 136 valence electrons. The predicted molar refractivity (Wildman–Crippen MR) is 110 cm³/mol. The van der Waals surface area contributed by atoms with Gasteiger partial charge in [-0.25, -0.2) is 0 Å². The summed E-state index contributed by atoms with van der Waals surface area (Å²) < 4.78 is 0. The maximum Gasteiger partial charge on any atom is 0.110 e. The zero-order valence-electron chi connectivity index (χ0n) is 16.2. The molecule has 0 aromatic heterocycles. The van der Waals surface area contributed by atoms with E-state index >= 15 is 0 Å². The number of thioether (sulfide) groups is 1. The van der Waals surface area contributed by atoms with E-state index < -0.39 is 0 Å². The zero-order valence-corrected chi connectivity index (χ0v) is 17.0. The van der Waals surface area contributed by atoms with E-state index in [1.54, 1.807) is 0 Å². The van der Waals surface area contributed by atoms with Crippen LogP contribution in [0.25, 0.3) is 0 Å². The van der Waals surface area contributed by atoms with Gasteiger partial charge >= 0.3 is 0 Å². The molecule has 1 fully saturated rings. The summed E-state index contributed by atoms with van der Waals surface area (Å²) >= 11 is 1.94. The number of benzene rings is 1. The Labute approximate surface area is 157 Å². The van der Waals surface area contributed by atoms with Crippen molar-refractivity contribution >= 4 is 18.0 Å². The van der Waals surface area contributed by atoms with Gasteiger partial charge in [-0.05, 0) is 61.8 Å². The number of nitrogens with zero attached hydrogens (tertiary/aromatic N) is 2. The molecule has 1 aliphatic carbocycles. The Balaban J connectivity index is 1.85. The van der Waals surface area contributed by atoms with Crippen molar-refractivity contribution in [2.24, 2.45) is 16.8 Å². The maximum absolute atomic E-state index is 4.68. The van der Waals surface area contributed by atoms with E-state index in [2.05, 4.69) is 62.0 Å². The third-order valence-corrected chi connectivity index (χ3v) is 6.41. The second-order valence-electron chi connectivity index (χ2n) is 8.02. The lowest BCUT2D eigenvalue weighted by Crippen LogP contribution is -2.33. The van der Waals surface area contributed by atoms with E-state index in [1.165, 1.54) is 65.3 Å². The Bertz CT molecular complexity index is 634. The molecule has 2 nitrogen and oxygen atoms in total. The number of allylic oxidation sites excluding steroid dienone is 1. The molecule has 3 rings (SSSR count). The molecule has 0 unspecified atom stereocenters. The van der Waals surface area contributed by atoms with Crippen molar-refractivity contribution in [3.05, 3.63) is 39.9 Å². The molecule has 0 N–H and O–H groups in total. The summed E-state index contributed by atoms with van der Waals surface area (Å²) in [5.74, 6) is 1.34. The highest BCUT2D eigenvalue weighted by atomic mass is 32.2. The monoisotopic (exact) mass is 356 g/mol. The van der Waals surface area contributed by atoms with Crippen LogP contribution < -0.4 is 0 Å². The van der Waals surface area contributed by atoms with Gasteiger partial charge in [-0.3, -0.25) is 4.99 Å². The normalized spacial score (nSPS) is 19.2. The molecule has 0 amide bonds. The zero-order chi connectivity index (χ0) is 17.8. The molecule has 0 saturated heterocycles. The molecule has 1 aromatic rings. The SMILES string of the molecule is Cc1cc(C)cc(SC2=C(C(C)C)C=NCN2CC2CCCCC2)c1. The van der Waals surface area contributed by atoms with Gasteiger partial charge in [0.05, 0.1) is 5.03 Å². The van der Waals surface area contributed by atoms with Crippen LogP contribution in [0.5, 0.6) is 0 Å². The smallest absolute Gasteiger partial charge is 0.110 e. The molecule has 0 radical (unpaired) electrons. The molecule has 1 heterocycles. The van der Waals surface area contributed by atoms with Crippen LogP contribution in [0.4, 0.5) is 0 Å². The quantitative estimate of drug-likeness (QED) is 0.625. The molecule has 0 bridgehead atoms. The van der Waals surface area contributed by atoms with Crippen LogP contribution in [0.2, 0.25) is 0 Å². The largest absolute Gasteiger partial charge is 0.346 e. The first-order valence-electron chi connectivity index (χ1n) is 9.78. The van der Waals surface area contributed by atoms with E-state index in [9.17, 15) is 0 Å². The molecule has 2 aliphatic rings. The van der Waals surface area contributed by atoms with Gasteiger partial charge in [0.1, 0.15) is 6.67 Å². The molecule has 0 spiro atoms. The van der Waals surface area contributed by atoms with E-state index in [0.29, 0.717) is 5.92 Å². The van der Waals surface area contributed by atoms with Crippen molar-refractivity contribution in [1.82, 2.24) is 4.90 Å². The van der Waals surface area contributed by atoms with Crippen molar-refractivity contribution in [2.45, 2.75) is 64.7 Å². The van der Waals surface area contributed by atoms with Gasteiger partial charge in [0.25, 0.3) is 0 Å². The number of rotatable bonds is 5. The van der Waals surface area contributed by atoms with Crippen LogP contribution in [-0.2, 0) is 0 Å². The van der Waals surface area contributed by atoms with Crippen LogP contribution >= 0.6 is 11.8 Å². The fraction of sp³-hybridized carbons (Fsp3) is 0.591. The van der Waals surface area contributed by atoms with Gasteiger partial charge in [-0.2, -0.15) is 0 Å². The Morgan fingerprint density at radius 1 is 1.08 bits per heavy atom. The first-order valence-corrected chi connectivity index (χ1v) is 10.6. The molecular formula is C22H32N2S. The minimum absolute atomic E-state index is 0.506. The predicted octanol–water partition coefficient (Wildman–Crippen LogP) is 6.19. The average Bonchev–Trinajstić information content (AvgIpc) is 2.56. The number of hydrogen-bond acceptors (Lipinski definition) is 3. The maximum atomic E-state index is 4.68. The molecule has 1 aromatic carbocycles. The fourth-order valence-electron chi connectivity index (χ4n) is 3.98. The summed E-state index contributed by atoms with van der Waals surface area (Å²) in [7, 11) is 0. The van der Waals surface area contributed by atoms with Gasteiger partial charge in [0, 0.05) is 23.2 Å². The van der Waals surface area contributed by atoms with Crippen molar-refractivity contribution in [3.8, 4) is 0 Å². The van der Waals surface area contributed by atoms with Crippen molar-refractivity contribution in [2.75, 3.05) is 13.2 Å². The summed E-state index contributed by atoms with van der Waals surface area (Å²) in [5, 5.41) is 1.43. The lowest BCUT2D eigenvalue weighted by Gasteiger charge is -2.35. The van der Waals surface area contributed by atoms with Gasteiger partial charge in [0.15, 0.2) is 0 Å². The van der Waals surface area contributed by atoms with Crippen LogP contribution in [0.3, 0.4) is 0 Å². The Kier molecular flexibility index (Phi) is 6.27. The van der Waals surface area contributed by atoms with E-state index in [4.69, 9.17) is 0 Å². The average molecular weight is 357 g/mol. The summed E-state index contributed by atoms with van der Waals surface area (Å²) in [4.78, 5) is 8.59. The lowest BCUT2D eigenvalue weighted by molar-refractivity contribution is 0.251. The molecule has 25 heavy (non-hydrogen) atoms. The fourth-order valence-corrected chi connectivity index (χ4v) is 5.37. The van der Waals surface area contributed by atoms with Crippen LogP contribution in [0.1, 0.15) is 57.1 Å². The van der Waals surface area contributed by atoms with E-state index in [0.717, 1.165) is 12.6 Å². The van der Waals surface area contributed by atoms with Crippen LogP contribution in [0.15, 0.2) is 38.7 Å². The summed E-state index contributed by atoms with van der Waals surface area (Å²) in [6.45, 7) is 10.9. The first kappa shape index (κ1) is 18.6. The molecule has 3 heteroatoms. The second kappa shape index (κ2) is 8.44. The van der Waals surface area contributed by atoms with Crippen molar-refractivity contribution < 1.29 is 0 Å². The highest BCUT2D eigenvalue weighted by molar-refractivity contribution is 8.03. The Morgan fingerprint density at radius 2 is 1.76 bits per heavy atom. The lowest BCUT2D eigenvalue weighted by atomic mass is 9.89. The third kappa shape index (κ3) is 4.91.